The normalized spacial score (nSPS) is 13.2. The molecule has 128 valence electrons. The van der Waals surface area contributed by atoms with E-state index < -0.39 is 6.04 Å². The SMILES string of the molecule is Cc1cc(C)cc(C(NC(=O)C(C)n2cncn2)c2cccnc2)c1. The molecule has 0 bridgehead atoms. The number of nitrogens with one attached hydrogen (secondary N) is 1. The number of rotatable bonds is 5. The third kappa shape index (κ3) is 3.91. The Balaban J connectivity index is 1.93. The van der Waals surface area contributed by atoms with E-state index in [1.54, 1.807) is 25.6 Å². The zero-order chi connectivity index (χ0) is 17.8. The van der Waals surface area contributed by atoms with Crippen LogP contribution < -0.4 is 5.32 Å². The molecule has 3 aromatic rings. The number of amides is 1. The maximum Gasteiger partial charge on any atom is 0.245 e. The Morgan fingerprint density at radius 1 is 1.12 bits per heavy atom. The van der Waals surface area contributed by atoms with Gasteiger partial charge in [0.05, 0.1) is 6.04 Å². The summed E-state index contributed by atoms with van der Waals surface area (Å²) < 4.78 is 1.54. The number of pyridine rings is 1. The van der Waals surface area contributed by atoms with Crippen molar-refractivity contribution in [3.63, 3.8) is 0 Å². The third-order valence-corrected chi connectivity index (χ3v) is 4.09. The molecule has 3 rings (SSSR count). The van der Waals surface area contributed by atoms with Crippen molar-refractivity contribution in [3.05, 3.63) is 77.6 Å². The average molecular weight is 335 g/mol. The lowest BCUT2D eigenvalue weighted by atomic mass is 9.96. The van der Waals surface area contributed by atoms with Gasteiger partial charge in [0.25, 0.3) is 0 Å². The van der Waals surface area contributed by atoms with Crippen LogP contribution in [0.2, 0.25) is 0 Å². The molecule has 0 saturated carbocycles. The number of nitrogens with zero attached hydrogens (tertiary/aromatic N) is 4. The lowest BCUT2D eigenvalue weighted by Crippen LogP contribution is -2.35. The van der Waals surface area contributed by atoms with Gasteiger partial charge in [-0.2, -0.15) is 5.10 Å². The Hall–Kier alpha value is -3.02. The van der Waals surface area contributed by atoms with Crippen LogP contribution in [0.4, 0.5) is 0 Å². The van der Waals surface area contributed by atoms with Gasteiger partial charge in [-0.25, -0.2) is 9.67 Å². The standard InChI is InChI=1S/C19H21N5O/c1-13-7-14(2)9-17(8-13)18(16-5-4-6-20-10-16)23-19(25)15(3)24-12-21-11-22-24/h4-12,15,18H,1-3H3,(H,23,25). The largest absolute Gasteiger partial charge is 0.343 e. The van der Waals surface area contributed by atoms with E-state index in [-0.39, 0.29) is 11.9 Å². The summed E-state index contributed by atoms with van der Waals surface area (Å²) in [4.78, 5) is 20.9. The second-order valence-electron chi connectivity index (χ2n) is 6.20. The maximum absolute atomic E-state index is 12.7. The molecule has 2 aromatic heterocycles. The summed E-state index contributed by atoms with van der Waals surface area (Å²) in [6, 6.07) is 9.41. The van der Waals surface area contributed by atoms with Crippen molar-refractivity contribution >= 4 is 5.91 Å². The molecule has 0 aliphatic heterocycles. The molecule has 25 heavy (non-hydrogen) atoms. The lowest BCUT2D eigenvalue weighted by molar-refractivity contribution is -0.124. The van der Waals surface area contributed by atoms with Crippen LogP contribution in [0, 0.1) is 13.8 Å². The molecule has 2 unspecified atom stereocenters. The summed E-state index contributed by atoms with van der Waals surface area (Å²) >= 11 is 0. The van der Waals surface area contributed by atoms with Gasteiger partial charge in [0.15, 0.2) is 0 Å². The van der Waals surface area contributed by atoms with Crippen molar-refractivity contribution in [1.82, 2.24) is 25.1 Å². The Labute approximate surface area is 146 Å². The number of benzene rings is 1. The Bertz CT molecular complexity index is 825. The van der Waals surface area contributed by atoms with Crippen molar-refractivity contribution < 1.29 is 4.79 Å². The predicted octanol–water partition coefficient (Wildman–Crippen LogP) is 2.76. The first kappa shape index (κ1) is 16.8. The molecule has 2 atom stereocenters. The Morgan fingerprint density at radius 2 is 1.88 bits per heavy atom. The van der Waals surface area contributed by atoms with Gasteiger partial charge >= 0.3 is 0 Å². The minimum Gasteiger partial charge on any atom is -0.343 e. The first-order chi connectivity index (χ1) is 12.0. The second kappa shape index (κ2) is 7.25. The molecule has 2 heterocycles. The van der Waals surface area contributed by atoms with Gasteiger partial charge in [0.2, 0.25) is 5.91 Å². The second-order valence-corrected chi connectivity index (χ2v) is 6.20. The van der Waals surface area contributed by atoms with Crippen LogP contribution in [0.1, 0.15) is 41.3 Å². The molecule has 6 heteroatoms. The predicted molar refractivity (Wildman–Crippen MR) is 94.9 cm³/mol. The summed E-state index contributed by atoms with van der Waals surface area (Å²) in [5, 5.41) is 7.18. The van der Waals surface area contributed by atoms with E-state index in [9.17, 15) is 4.79 Å². The molecule has 0 aliphatic carbocycles. The Morgan fingerprint density at radius 3 is 2.48 bits per heavy atom. The highest BCUT2D eigenvalue weighted by Gasteiger charge is 2.22. The fourth-order valence-electron chi connectivity index (χ4n) is 2.88. The van der Waals surface area contributed by atoms with Crippen LogP contribution in [0.25, 0.3) is 0 Å². The van der Waals surface area contributed by atoms with Gasteiger partial charge in [-0.1, -0.05) is 35.4 Å². The smallest absolute Gasteiger partial charge is 0.245 e. The number of aromatic nitrogens is 4. The van der Waals surface area contributed by atoms with Gasteiger partial charge in [0.1, 0.15) is 18.7 Å². The molecule has 0 spiro atoms. The summed E-state index contributed by atoms with van der Waals surface area (Å²) in [6.07, 6.45) is 6.47. The first-order valence-electron chi connectivity index (χ1n) is 8.17. The Kier molecular flexibility index (Phi) is 4.88. The van der Waals surface area contributed by atoms with Crippen LogP contribution in [0.15, 0.2) is 55.4 Å². The molecule has 1 amide bonds. The van der Waals surface area contributed by atoms with E-state index in [1.165, 1.54) is 11.0 Å². The van der Waals surface area contributed by atoms with Crippen LogP contribution in [-0.4, -0.2) is 25.7 Å². The molecular formula is C19H21N5O. The van der Waals surface area contributed by atoms with Gasteiger partial charge in [-0.15, -0.1) is 0 Å². The molecule has 0 saturated heterocycles. The summed E-state index contributed by atoms with van der Waals surface area (Å²) in [5.74, 6) is -0.126. The van der Waals surface area contributed by atoms with E-state index in [4.69, 9.17) is 0 Å². The monoisotopic (exact) mass is 335 g/mol. The van der Waals surface area contributed by atoms with Gasteiger partial charge in [-0.05, 0) is 38.0 Å². The number of carbonyl (C=O) groups excluding carboxylic acids is 1. The fourth-order valence-corrected chi connectivity index (χ4v) is 2.88. The molecule has 0 radical (unpaired) electrons. The van der Waals surface area contributed by atoms with Gasteiger partial charge in [-0.3, -0.25) is 9.78 Å². The van der Waals surface area contributed by atoms with Crippen molar-refractivity contribution in [2.45, 2.75) is 32.9 Å². The van der Waals surface area contributed by atoms with Crippen molar-refractivity contribution in [3.8, 4) is 0 Å². The van der Waals surface area contributed by atoms with Crippen LogP contribution >= 0.6 is 0 Å². The van der Waals surface area contributed by atoms with Gasteiger partial charge in [0, 0.05) is 12.4 Å². The highest BCUT2D eigenvalue weighted by Crippen LogP contribution is 2.24. The van der Waals surface area contributed by atoms with Gasteiger partial charge < -0.3 is 5.32 Å². The summed E-state index contributed by atoms with van der Waals surface area (Å²) in [5.41, 5.74) is 4.28. The molecule has 1 N–H and O–H groups in total. The molecule has 0 aliphatic rings. The molecule has 6 nitrogen and oxygen atoms in total. The first-order valence-corrected chi connectivity index (χ1v) is 8.17. The van der Waals surface area contributed by atoms with E-state index >= 15 is 0 Å². The molecular weight excluding hydrogens is 314 g/mol. The van der Waals surface area contributed by atoms with Crippen LogP contribution in [0.5, 0.6) is 0 Å². The minimum atomic E-state index is -0.451. The van der Waals surface area contributed by atoms with E-state index in [0.29, 0.717) is 0 Å². The zero-order valence-corrected chi connectivity index (χ0v) is 14.5. The third-order valence-electron chi connectivity index (χ3n) is 4.09. The number of aryl methyl sites for hydroxylation is 2. The number of carbonyl (C=O) groups is 1. The highest BCUT2D eigenvalue weighted by molar-refractivity contribution is 5.80. The average Bonchev–Trinajstić information content (AvgIpc) is 3.13. The van der Waals surface area contributed by atoms with Crippen LogP contribution in [0.3, 0.4) is 0 Å². The topological polar surface area (TPSA) is 72.7 Å². The van der Waals surface area contributed by atoms with Crippen molar-refractivity contribution in [1.29, 1.82) is 0 Å². The summed E-state index contributed by atoms with van der Waals surface area (Å²) in [7, 11) is 0. The number of hydrogen-bond donors (Lipinski definition) is 1. The number of hydrogen-bond acceptors (Lipinski definition) is 4. The van der Waals surface area contributed by atoms with Crippen molar-refractivity contribution in [2.24, 2.45) is 0 Å². The van der Waals surface area contributed by atoms with Crippen LogP contribution in [-0.2, 0) is 4.79 Å². The summed E-state index contributed by atoms with van der Waals surface area (Å²) in [6.45, 7) is 5.90. The highest BCUT2D eigenvalue weighted by atomic mass is 16.2. The van der Waals surface area contributed by atoms with Crippen molar-refractivity contribution in [2.75, 3.05) is 0 Å². The van der Waals surface area contributed by atoms with E-state index in [1.807, 2.05) is 12.1 Å². The maximum atomic E-state index is 12.7. The minimum absolute atomic E-state index is 0.126. The van der Waals surface area contributed by atoms with E-state index in [2.05, 4.69) is 52.4 Å². The lowest BCUT2D eigenvalue weighted by Gasteiger charge is -2.22. The van der Waals surface area contributed by atoms with E-state index in [0.717, 1.165) is 22.3 Å². The quantitative estimate of drug-likeness (QED) is 0.778. The molecule has 0 fully saturated rings. The molecule has 1 aromatic carbocycles. The zero-order valence-electron chi connectivity index (χ0n) is 14.5. The fraction of sp³-hybridized carbons (Fsp3) is 0.263.